The third kappa shape index (κ3) is 4.87. The fourth-order valence-electron chi connectivity index (χ4n) is 3.09. The number of carboxylic acids is 1. The molecule has 0 aliphatic rings. The number of aromatic amines is 1. The highest BCUT2D eigenvalue weighted by Gasteiger charge is 2.60. The van der Waals surface area contributed by atoms with Crippen molar-refractivity contribution < 1.29 is 36.6 Å². The molecule has 11 heteroatoms. The molecule has 0 fully saturated rings. The number of halogens is 5. The van der Waals surface area contributed by atoms with Crippen molar-refractivity contribution in [1.29, 1.82) is 0 Å². The van der Waals surface area contributed by atoms with E-state index < -0.39 is 29.2 Å². The smallest absolute Gasteiger partial charge is 0.459 e. The number of alkyl halides is 5. The van der Waals surface area contributed by atoms with E-state index in [1.54, 1.807) is 37.4 Å². The van der Waals surface area contributed by atoms with Crippen LogP contribution in [0.3, 0.4) is 0 Å². The van der Waals surface area contributed by atoms with Crippen molar-refractivity contribution in [2.24, 2.45) is 5.41 Å². The number of hydrogen-bond acceptors (Lipinski definition) is 4. The van der Waals surface area contributed by atoms with Gasteiger partial charge in [-0.1, -0.05) is 18.2 Å². The molecule has 0 atom stereocenters. The summed E-state index contributed by atoms with van der Waals surface area (Å²) in [6.45, 7) is 6.49. The quantitative estimate of drug-likeness (QED) is 0.409. The molecule has 0 saturated carbocycles. The Morgan fingerprint density at radius 3 is 2.21 bits per heavy atom. The van der Waals surface area contributed by atoms with Crippen LogP contribution >= 0.6 is 0 Å². The Balaban J connectivity index is 1.84. The molecule has 0 aliphatic carbocycles. The number of imidazole rings is 1. The molecule has 2 N–H and O–H groups in total. The van der Waals surface area contributed by atoms with E-state index in [4.69, 9.17) is 4.74 Å². The predicted octanol–water partition coefficient (Wildman–Crippen LogP) is 5.90. The predicted molar refractivity (Wildman–Crippen MR) is 114 cm³/mol. The molecule has 0 aliphatic heterocycles. The van der Waals surface area contributed by atoms with Gasteiger partial charge in [0.25, 0.3) is 0 Å². The lowest BCUT2D eigenvalue weighted by Gasteiger charge is -2.19. The van der Waals surface area contributed by atoms with Gasteiger partial charge in [-0.3, -0.25) is 4.79 Å². The highest BCUT2D eigenvalue weighted by atomic mass is 19.4. The molecular weight excluding hydrogens is 461 g/mol. The van der Waals surface area contributed by atoms with Crippen LogP contribution in [-0.2, 0) is 10.7 Å². The molecule has 1 aromatic carbocycles. The third-order valence-corrected chi connectivity index (χ3v) is 5.31. The molecule has 182 valence electrons. The largest absolute Gasteiger partial charge is 0.481 e. The molecule has 2 heterocycles. The van der Waals surface area contributed by atoms with Crippen LogP contribution in [0.5, 0.6) is 5.88 Å². The Kier molecular flexibility index (Phi) is 6.43. The average molecular weight is 483 g/mol. The van der Waals surface area contributed by atoms with Gasteiger partial charge >= 0.3 is 18.1 Å². The summed E-state index contributed by atoms with van der Waals surface area (Å²) in [5.74, 6) is -5.89. The van der Waals surface area contributed by atoms with E-state index in [9.17, 15) is 31.9 Å². The fraction of sp³-hybridized carbons (Fsp3) is 0.348. The van der Waals surface area contributed by atoms with Crippen molar-refractivity contribution in [2.45, 2.75) is 39.8 Å². The van der Waals surface area contributed by atoms with Crippen LogP contribution in [0.15, 0.2) is 36.7 Å². The van der Waals surface area contributed by atoms with Crippen LogP contribution in [0.25, 0.3) is 22.5 Å². The Morgan fingerprint density at radius 2 is 1.65 bits per heavy atom. The normalized spacial score (nSPS) is 12.6. The zero-order chi connectivity index (χ0) is 25.5. The van der Waals surface area contributed by atoms with E-state index >= 15 is 0 Å². The van der Waals surface area contributed by atoms with Crippen molar-refractivity contribution in [2.75, 3.05) is 6.61 Å². The number of H-pyrrole nitrogens is 1. The molecule has 0 unspecified atom stereocenters. The highest BCUT2D eigenvalue weighted by Crippen LogP contribution is 2.43. The van der Waals surface area contributed by atoms with E-state index in [1.165, 1.54) is 13.8 Å². The van der Waals surface area contributed by atoms with E-state index in [1.807, 2.05) is 6.92 Å². The van der Waals surface area contributed by atoms with Gasteiger partial charge in [-0.05, 0) is 44.4 Å². The van der Waals surface area contributed by atoms with Crippen LogP contribution in [0.2, 0.25) is 0 Å². The number of rotatable bonds is 7. The minimum absolute atomic E-state index is 0.0690. The summed E-state index contributed by atoms with van der Waals surface area (Å²) in [7, 11) is 0. The monoisotopic (exact) mass is 483 g/mol. The Hall–Kier alpha value is -3.50. The molecule has 6 nitrogen and oxygen atoms in total. The number of aryl methyl sites for hydroxylation is 2. The Morgan fingerprint density at radius 1 is 1.00 bits per heavy atom. The molecule has 0 saturated heterocycles. The zero-order valence-electron chi connectivity index (χ0n) is 18.7. The third-order valence-electron chi connectivity index (χ3n) is 5.31. The topological polar surface area (TPSA) is 88.1 Å². The first-order valence-electron chi connectivity index (χ1n) is 10.1. The average Bonchev–Trinajstić information content (AvgIpc) is 3.22. The lowest BCUT2D eigenvalue weighted by molar-refractivity contribution is -0.290. The Labute approximate surface area is 191 Å². The number of aliphatic carboxylic acids is 1. The standard InChI is InChI=1S/C23H22F5N3O3/c1-12-7-14(16-9-29-18(8-13(16)2)34-11-21(3,4)20(32)33)5-6-15(12)19-30-10-17(31-19)22(24,25)23(26,27)28/h5-10H,11H2,1-4H3,(H,30,31)(H,32,33). The van der Waals surface area contributed by atoms with Gasteiger partial charge in [0.2, 0.25) is 5.88 Å². The number of ether oxygens (including phenoxy) is 1. The van der Waals surface area contributed by atoms with Gasteiger partial charge in [0.05, 0.1) is 11.6 Å². The van der Waals surface area contributed by atoms with Gasteiger partial charge in [-0.2, -0.15) is 22.0 Å². The van der Waals surface area contributed by atoms with Crippen molar-refractivity contribution in [3.05, 3.63) is 53.5 Å². The number of hydrogen-bond donors (Lipinski definition) is 2. The van der Waals surface area contributed by atoms with Crippen LogP contribution in [-0.4, -0.2) is 38.8 Å². The number of nitrogens with zero attached hydrogens (tertiary/aromatic N) is 2. The second kappa shape index (κ2) is 8.69. The zero-order valence-corrected chi connectivity index (χ0v) is 18.7. The van der Waals surface area contributed by atoms with Gasteiger partial charge in [0, 0.05) is 23.4 Å². The second-order valence-electron chi connectivity index (χ2n) is 8.56. The second-order valence-corrected chi connectivity index (χ2v) is 8.56. The lowest BCUT2D eigenvalue weighted by atomic mass is 9.95. The fourth-order valence-corrected chi connectivity index (χ4v) is 3.09. The molecule has 0 bridgehead atoms. The molecule has 2 aromatic heterocycles. The number of carboxylic acid groups (broad SMARTS) is 1. The number of pyridine rings is 1. The van der Waals surface area contributed by atoms with E-state index in [2.05, 4.69) is 15.0 Å². The van der Waals surface area contributed by atoms with Crippen molar-refractivity contribution in [3.63, 3.8) is 0 Å². The summed E-state index contributed by atoms with van der Waals surface area (Å²) in [6, 6.07) is 6.63. The minimum Gasteiger partial charge on any atom is -0.481 e. The van der Waals surface area contributed by atoms with Gasteiger partial charge in [-0.25, -0.2) is 9.97 Å². The van der Waals surface area contributed by atoms with Crippen molar-refractivity contribution in [1.82, 2.24) is 15.0 Å². The number of nitrogens with one attached hydrogen (secondary N) is 1. The summed E-state index contributed by atoms with van der Waals surface area (Å²) in [4.78, 5) is 21.2. The Bertz CT molecular complexity index is 1220. The maximum Gasteiger partial charge on any atom is 0.459 e. The summed E-state index contributed by atoms with van der Waals surface area (Å²) < 4.78 is 70.5. The van der Waals surface area contributed by atoms with Crippen LogP contribution < -0.4 is 4.74 Å². The summed E-state index contributed by atoms with van der Waals surface area (Å²) in [5, 5.41) is 9.18. The SMILES string of the molecule is Cc1cc(OCC(C)(C)C(=O)O)ncc1-c1ccc(-c2ncc(C(F)(F)C(F)(F)F)[nH]2)c(C)c1. The first-order valence-corrected chi connectivity index (χ1v) is 10.1. The van der Waals surface area contributed by atoms with Crippen molar-refractivity contribution in [3.8, 4) is 28.4 Å². The molecular formula is C23H22F5N3O3. The summed E-state index contributed by atoms with van der Waals surface area (Å²) in [6.07, 6.45) is -3.70. The molecule has 3 aromatic rings. The van der Waals surface area contributed by atoms with Crippen LogP contribution in [0, 0.1) is 19.3 Å². The van der Waals surface area contributed by atoms with Gasteiger partial charge in [0.1, 0.15) is 18.1 Å². The van der Waals surface area contributed by atoms with Crippen molar-refractivity contribution >= 4 is 5.97 Å². The first kappa shape index (κ1) is 25.1. The van der Waals surface area contributed by atoms with E-state index in [0.717, 1.165) is 16.7 Å². The van der Waals surface area contributed by atoms with E-state index in [0.29, 0.717) is 17.3 Å². The van der Waals surface area contributed by atoms with Crippen LogP contribution in [0.1, 0.15) is 30.7 Å². The lowest BCUT2D eigenvalue weighted by Crippen LogP contribution is -2.33. The molecule has 34 heavy (non-hydrogen) atoms. The summed E-state index contributed by atoms with van der Waals surface area (Å²) >= 11 is 0. The maximum atomic E-state index is 13.6. The first-order chi connectivity index (χ1) is 15.6. The number of benzene rings is 1. The minimum atomic E-state index is -5.74. The molecule has 0 spiro atoms. The summed E-state index contributed by atoms with van der Waals surface area (Å²) in [5.41, 5.74) is 0.803. The number of carbonyl (C=O) groups is 1. The molecule has 0 amide bonds. The van der Waals surface area contributed by atoms with Gasteiger partial charge < -0.3 is 14.8 Å². The van der Waals surface area contributed by atoms with Crippen LogP contribution in [0.4, 0.5) is 22.0 Å². The molecule has 3 rings (SSSR count). The maximum absolute atomic E-state index is 13.6. The van der Waals surface area contributed by atoms with Gasteiger partial charge in [0.15, 0.2) is 0 Å². The highest BCUT2D eigenvalue weighted by molar-refractivity contribution is 5.74. The van der Waals surface area contributed by atoms with Gasteiger partial charge in [-0.15, -0.1) is 0 Å². The molecule has 0 radical (unpaired) electrons. The van der Waals surface area contributed by atoms with E-state index in [-0.39, 0.29) is 18.3 Å². The number of aromatic nitrogens is 3.